The Hall–Kier alpha value is -2.95. The number of rotatable bonds is 6. The molecular weight excluding hydrogens is 468 g/mol. The Morgan fingerprint density at radius 2 is 1.94 bits per heavy atom. The Morgan fingerprint density at radius 3 is 2.57 bits per heavy atom. The van der Waals surface area contributed by atoms with Crippen LogP contribution in [0.4, 0.5) is 23.6 Å². The molecule has 1 aliphatic rings. The second-order valence-corrected chi connectivity index (χ2v) is 10.2. The Balaban J connectivity index is 1.66. The highest BCUT2D eigenvalue weighted by molar-refractivity contribution is 5.89. The number of aromatic nitrogens is 3. The first-order chi connectivity index (χ1) is 16.3. The van der Waals surface area contributed by atoms with E-state index in [0.29, 0.717) is 35.0 Å². The first-order valence-corrected chi connectivity index (χ1v) is 11.3. The van der Waals surface area contributed by atoms with Crippen LogP contribution in [0.25, 0.3) is 22.5 Å². The Bertz CT molecular complexity index is 1220. The number of aryl methyl sites for hydroxylation is 1. The molecule has 0 spiro atoms. The highest BCUT2D eigenvalue weighted by atomic mass is 19.4. The van der Waals surface area contributed by atoms with Gasteiger partial charge in [-0.25, -0.2) is 9.37 Å². The van der Waals surface area contributed by atoms with Crippen molar-refractivity contribution in [3.8, 4) is 17.3 Å². The summed E-state index contributed by atoms with van der Waals surface area (Å²) in [6.45, 7) is 5.45. The van der Waals surface area contributed by atoms with Gasteiger partial charge in [0.25, 0.3) is 5.89 Å². The molecule has 35 heavy (non-hydrogen) atoms. The van der Waals surface area contributed by atoms with Gasteiger partial charge in [0.1, 0.15) is 18.1 Å². The fourth-order valence-corrected chi connectivity index (χ4v) is 4.30. The van der Waals surface area contributed by atoms with E-state index in [1.54, 1.807) is 18.2 Å². The summed E-state index contributed by atoms with van der Waals surface area (Å²) in [5.41, 5.74) is 0.713. The van der Waals surface area contributed by atoms with E-state index in [0.717, 1.165) is 5.56 Å². The molecule has 190 valence electrons. The van der Waals surface area contributed by atoms with Crippen LogP contribution in [0, 0.1) is 6.92 Å². The topological polar surface area (TPSA) is 93.3 Å². The SMILES string of the molecule is Cc1cc(-c2nnc(N[C@H]3CC[C@](O)(CF)C3)o2)nc2c(C(C)(C)C)cc(OCC(F)(F)F)cc12. The average Bonchev–Trinajstić information content (AvgIpc) is 3.38. The summed E-state index contributed by atoms with van der Waals surface area (Å²) in [5, 5.41) is 21.9. The molecule has 2 aromatic heterocycles. The summed E-state index contributed by atoms with van der Waals surface area (Å²) in [6, 6.07) is 4.79. The third kappa shape index (κ3) is 5.66. The predicted molar refractivity (Wildman–Crippen MR) is 122 cm³/mol. The van der Waals surface area contributed by atoms with Crippen molar-refractivity contribution in [2.24, 2.45) is 0 Å². The fraction of sp³-hybridized carbons (Fsp3) is 0.542. The van der Waals surface area contributed by atoms with Crippen LogP contribution in [0.15, 0.2) is 22.6 Å². The third-order valence-electron chi connectivity index (χ3n) is 6.11. The van der Waals surface area contributed by atoms with Crippen LogP contribution in [0.2, 0.25) is 0 Å². The molecule has 0 unspecified atom stereocenters. The number of halogens is 4. The van der Waals surface area contributed by atoms with E-state index in [1.807, 2.05) is 27.7 Å². The molecule has 0 saturated heterocycles. The molecule has 0 radical (unpaired) electrons. The van der Waals surface area contributed by atoms with Crippen LogP contribution in [-0.4, -0.2) is 51.4 Å². The van der Waals surface area contributed by atoms with Gasteiger partial charge in [-0.1, -0.05) is 25.9 Å². The van der Waals surface area contributed by atoms with E-state index < -0.39 is 30.5 Å². The number of hydrogen-bond acceptors (Lipinski definition) is 7. The molecule has 7 nitrogen and oxygen atoms in total. The summed E-state index contributed by atoms with van der Waals surface area (Å²) >= 11 is 0. The summed E-state index contributed by atoms with van der Waals surface area (Å²) in [5.74, 6) is 0.278. The van der Waals surface area contributed by atoms with Crippen LogP contribution in [0.3, 0.4) is 0 Å². The van der Waals surface area contributed by atoms with E-state index in [4.69, 9.17) is 14.1 Å². The van der Waals surface area contributed by atoms with E-state index in [2.05, 4.69) is 15.5 Å². The number of nitrogens with zero attached hydrogens (tertiary/aromatic N) is 3. The molecule has 3 aromatic rings. The molecule has 1 aliphatic carbocycles. The zero-order valence-electron chi connectivity index (χ0n) is 20.0. The maximum absolute atomic E-state index is 13.0. The van der Waals surface area contributed by atoms with Gasteiger partial charge in [-0.15, -0.1) is 5.10 Å². The van der Waals surface area contributed by atoms with E-state index in [9.17, 15) is 22.7 Å². The highest BCUT2D eigenvalue weighted by Gasteiger charge is 2.38. The van der Waals surface area contributed by atoms with Crippen LogP contribution in [-0.2, 0) is 5.41 Å². The van der Waals surface area contributed by atoms with Crippen LogP contribution < -0.4 is 10.1 Å². The van der Waals surface area contributed by atoms with Gasteiger partial charge in [0.15, 0.2) is 6.61 Å². The fourth-order valence-electron chi connectivity index (χ4n) is 4.30. The normalized spacial score (nSPS) is 21.0. The van der Waals surface area contributed by atoms with Gasteiger partial charge in [-0.2, -0.15) is 13.2 Å². The number of hydrogen-bond donors (Lipinski definition) is 2. The van der Waals surface area contributed by atoms with Gasteiger partial charge < -0.3 is 19.6 Å². The molecule has 1 fully saturated rings. The number of nitrogens with one attached hydrogen (secondary N) is 1. The summed E-state index contributed by atoms with van der Waals surface area (Å²) in [4.78, 5) is 4.71. The van der Waals surface area contributed by atoms with E-state index in [1.165, 1.54) is 0 Å². The van der Waals surface area contributed by atoms with Crippen molar-refractivity contribution >= 4 is 16.9 Å². The Morgan fingerprint density at radius 1 is 1.20 bits per heavy atom. The lowest BCUT2D eigenvalue weighted by Gasteiger charge is -2.23. The molecule has 2 atom stereocenters. The quantitative estimate of drug-likeness (QED) is 0.436. The Labute approximate surface area is 199 Å². The van der Waals surface area contributed by atoms with E-state index >= 15 is 0 Å². The van der Waals surface area contributed by atoms with E-state index in [-0.39, 0.29) is 30.1 Å². The first-order valence-electron chi connectivity index (χ1n) is 11.3. The highest BCUT2D eigenvalue weighted by Crippen LogP contribution is 2.37. The smallest absolute Gasteiger partial charge is 0.422 e. The Kier molecular flexibility index (Phi) is 6.41. The predicted octanol–water partition coefficient (Wildman–Crippen LogP) is 5.50. The lowest BCUT2D eigenvalue weighted by Crippen LogP contribution is -2.29. The monoisotopic (exact) mass is 496 g/mol. The largest absolute Gasteiger partial charge is 0.484 e. The number of aliphatic hydroxyl groups is 1. The maximum atomic E-state index is 13.0. The summed E-state index contributed by atoms with van der Waals surface area (Å²) in [6.07, 6.45) is -3.29. The maximum Gasteiger partial charge on any atom is 0.422 e. The zero-order chi connectivity index (χ0) is 25.6. The van der Waals surface area contributed by atoms with Gasteiger partial charge in [-0.3, -0.25) is 0 Å². The molecular formula is C24H28F4N4O3. The van der Waals surface area contributed by atoms with Gasteiger partial charge in [0, 0.05) is 11.4 Å². The minimum Gasteiger partial charge on any atom is -0.484 e. The number of pyridine rings is 1. The standard InChI is InChI=1S/C24H28F4N4O3/c1-13-7-18(20-31-32-21(35-20)29-14-5-6-23(33,10-14)11-25)30-19-16(13)8-15(34-12-24(26,27)28)9-17(19)22(2,3)4/h7-9,14,33H,5-6,10-12H2,1-4H3,(H,29,32)/t14-,23+/m0/s1. The van der Waals surface area contributed by atoms with Gasteiger partial charge in [0.2, 0.25) is 0 Å². The van der Waals surface area contributed by atoms with Crippen molar-refractivity contribution in [1.82, 2.24) is 15.2 Å². The minimum atomic E-state index is -4.44. The van der Waals surface area contributed by atoms with Crippen molar-refractivity contribution in [2.45, 2.75) is 70.2 Å². The molecule has 1 aromatic carbocycles. The first kappa shape index (κ1) is 25.2. The van der Waals surface area contributed by atoms with Crippen LogP contribution >= 0.6 is 0 Å². The second-order valence-electron chi connectivity index (χ2n) is 10.2. The lowest BCUT2D eigenvalue weighted by molar-refractivity contribution is -0.153. The van der Waals surface area contributed by atoms with Gasteiger partial charge in [-0.05, 0) is 60.9 Å². The average molecular weight is 497 g/mol. The molecule has 0 aliphatic heterocycles. The molecule has 0 amide bonds. The third-order valence-corrected chi connectivity index (χ3v) is 6.11. The second kappa shape index (κ2) is 8.92. The molecule has 2 N–H and O–H groups in total. The zero-order valence-corrected chi connectivity index (χ0v) is 20.0. The van der Waals surface area contributed by atoms with Crippen molar-refractivity contribution < 1.29 is 31.8 Å². The number of alkyl halides is 4. The number of anilines is 1. The molecule has 1 saturated carbocycles. The molecule has 0 bridgehead atoms. The summed E-state index contributed by atoms with van der Waals surface area (Å²) in [7, 11) is 0. The van der Waals surface area contributed by atoms with Gasteiger partial charge in [0.05, 0.1) is 11.1 Å². The van der Waals surface area contributed by atoms with Crippen molar-refractivity contribution in [3.63, 3.8) is 0 Å². The number of ether oxygens (including phenoxy) is 1. The number of fused-ring (bicyclic) bond motifs is 1. The molecule has 2 heterocycles. The lowest BCUT2D eigenvalue weighted by atomic mass is 9.84. The van der Waals surface area contributed by atoms with Crippen LogP contribution in [0.5, 0.6) is 5.75 Å². The summed E-state index contributed by atoms with van der Waals surface area (Å²) < 4.78 is 61.9. The molecule has 4 rings (SSSR count). The number of benzene rings is 1. The molecule has 11 heteroatoms. The van der Waals surface area contributed by atoms with Gasteiger partial charge >= 0.3 is 12.2 Å². The van der Waals surface area contributed by atoms with Crippen molar-refractivity contribution in [3.05, 3.63) is 29.3 Å². The van der Waals surface area contributed by atoms with Crippen LogP contribution in [0.1, 0.15) is 51.2 Å². The van der Waals surface area contributed by atoms with Crippen molar-refractivity contribution in [2.75, 3.05) is 18.6 Å². The minimum absolute atomic E-state index is 0.117. The van der Waals surface area contributed by atoms with Crippen molar-refractivity contribution in [1.29, 1.82) is 0 Å².